The Bertz CT molecular complexity index is 967. The van der Waals surface area contributed by atoms with Gasteiger partial charge in [0.15, 0.2) is 0 Å². The van der Waals surface area contributed by atoms with Gasteiger partial charge < -0.3 is 14.8 Å². The van der Waals surface area contributed by atoms with Crippen molar-refractivity contribution in [3.8, 4) is 34.0 Å². The van der Waals surface area contributed by atoms with Crippen molar-refractivity contribution in [3.05, 3.63) is 58.5 Å². The number of aromatic nitrogens is 2. The van der Waals surface area contributed by atoms with Crippen LogP contribution in [0.3, 0.4) is 0 Å². The number of phenols is 1. The Kier molecular flexibility index (Phi) is 4.12. The molecule has 0 aliphatic heterocycles. The molecule has 118 valence electrons. The topological polar surface area (TPSA) is 75.2 Å². The minimum absolute atomic E-state index is 0.195. The van der Waals surface area contributed by atoms with Crippen LogP contribution in [0, 0.1) is 6.92 Å². The van der Waals surface area contributed by atoms with Crippen LogP contribution in [0.25, 0.3) is 22.5 Å². The lowest BCUT2D eigenvalue weighted by atomic mass is 9.88. The number of rotatable bonds is 3. The summed E-state index contributed by atoms with van der Waals surface area (Å²) in [5.74, 6) is 0.833. The highest BCUT2D eigenvalue weighted by Crippen LogP contribution is 2.26. The number of H-pyrrole nitrogens is 1. The van der Waals surface area contributed by atoms with E-state index in [1.54, 1.807) is 56.5 Å². The van der Waals surface area contributed by atoms with Gasteiger partial charge in [-0.05, 0) is 54.4 Å². The number of nitrogens with zero attached hydrogens (tertiary/aromatic N) is 1. The molecule has 3 rings (SSSR count). The molecule has 3 aromatic rings. The van der Waals surface area contributed by atoms with Gasteiger partial charge in [-0.15, -0.1) is 0 Å². The SMILES string of the molecule is [B]c1ccc(OC)cc1-c1cc(-c2ccc(O)c(C)c2)nc(=O)[nH]1. The Morgan fingerprint density at radius 2 is 1.96 bits per heavy atom. The second kappa shape index (κ2) is 6.24. The largest absolute Gasteiger partial charge is 0.508 e. The molecule has 0 spiro atoms. The van der Waals surface area contributed by atoms with Crippen LogP contribution >= 0.6 is 0 Å². The van der Waals surface area contributed by atoms with Crippen molar-refractivity contribution in [2.45, 2.75) is 6.92 Å². The Morgan fingerprint density at radius 3 is 2.67 bits per heavy atom. The Labute approximate surface area is 140 Å². The van der Waals surface area contributed by atoms with Crippen LogP contribution in [0.5, 0.6) is 11.5 Å². The lowest BCUT2D eigenvalue weighted by Gasteiger charge is -2.10. The molecule has 6 heteroatoms. The van der Waals surface area contributed by atoms with Crippen molar-refractivity contribution in [2.75, 3.05) is 7.11 Å². The van der Waals surface area contributed by atoms with Crippen LogP contribution in [0.4, 0.5) is 0 Å². The molecule has 0 aliphatic carbocycles. The standard InChI is InChI=1S/C18H15BN2O3/c1-10-7-11(3-6-17(10)22)15-9-16(21-18(23)20-15)13-8-12(24-2)4-5-14(13)19/h3-9,22H,1-2H3,(H,20,21,23). The summed E-state index contributed by atoms with van der Waals surface area (Å²) < 4.78 is 5.21. The van der Waals surface area contributed by atoms with Gasteiger partial charge in [-0.25, -0.2) is 4.79 Å². The summed E-state index contributed by atoms with van der Waals surface area (Å²) in [4.78, 5) is 18.7. The molecule has 0 bridgehead atoms. The first-order valence-corrected chi connectivity index (χ1v) is 7.33. The van der Waals surface area contributed by atoms with E-state index in [0.29, 0.717) is 33.7 Å². The number of benzene rings is 2. The molecule has 24 heavy (non-hydrogen) atoms. The lowest BCUT2D eigenvalue weighted by molar-refractivity contribution is 0.415. The molecular weight excluding hydrogens is 303 g/mol. The van der Waals surface area contributed by atoms with E-state index in [1.165, 1.54) is 0 Å². The van der Waals surface area contributed by atoms with Crippen LogP contribution in [-0.4, -0.2) is 30.0 Å². The van der Waals surface area contributed by atoms with Crippen molar-refractivity contribution in [2.24, 2.45) is 0 Å². The quantitative estimate of drug-likeness (QED) is 0.724. The zero-order chi connectivity index (χ0) is 17.3. The lowest BCUT2D eigenvalue weighted by Crippen LogP contribution is -2.15. The molecule has 0 saturated heterocycles. The van der Waals surface area contributed by atoms with Crippen LogP contribution in [0.2, 0.25) is 0 Å². The number of nitrogens with one attached hydrogen (secondary N) is 1. The predicted molar refractivity (Wildman–Crippen MR) is 94.1 cm³/mol. The summed E-state index contributed by atoms with van der Waals surface area (Å²) in [5, 5.41) is 9.65. The highest BCUT2D eigenvalue weighted by Gasteiger charge is 2.10. The number of ether oxygens (including phenoxy) is 1. The van der Waals surface area contributed by atoms with Gasteiger partial charge in [0, 0.05) is 5.56 Å². The van der Waals surface area contributed by atoms with E-state index >= 15 is 0 Å². The Balaban J connectivity index is 2.16. The maximum absolute atomic E-state index is 12.0. The number of hydrogen-bond acceptors (Lipinski definition) is 4. The van der Waals surface area contributed by atoms with E-state index in [4.69, 9.17) is 12.6 Å². The van der Waals surface area contributed by atoms with Gasteiger partial charge in [0.25, 0.3) is 0 Å². The summed E-state index contributed by atoms with van der Waals surface area (Å²) in [6, 6.07) is 12.0. The van der Waals surface area contributed by atoms with E-state index in [9.17, 15) is 9.90 Å². The van der Waals surface area contributed by atoms with Crippen molar-refractivity contribution in [3.63, 3.8) is 0 Å². The first-order valence-electron chi connectivity index (χ1n) is 7.33. The zero-order valence-electron chi connectivity index (χ0n) is 13.3. The summed E-state index contributed by atoms with van der Waals surface area (Å²) in [6.45, 7) is 1.78. The highest BCUT2D eigenvalue weighted by molar-refractivity contribution is 6.35. The first-order chi connectivity index (χ1) is 11.5. The molecule has 1 aromatic heterocycles. The molecule has 5 nitrogen and oxygen atoms in total. The molecule has 0 saturated carbocycles. The maximum atomic E-state index is 12.0. The Morgan fingerprint density at radius 1 is 1.17 bits per heavy atom. The van der Waals surface area contributed by atoms with E-state index in [0.717, 1.165) is 5.56 Å². The monoisotopic (exact) mass is 318 g/mol. The number of aromatic hydroxyl groups is 1. The van der Waals surface area contributed by atoms with Gasteiger partial charge in [0.1, 0.15) is 19.3 Å². The fraction of sp³-hybridized carbons (Fsp3) is 0.111. The Hall–Kier alpha value is -3.02. The molecular formula is C18H15BN2O3. The summed E-state index contributed by atoms with van der Waals surface area (Å²) >= 11 is 0. The van der Waals surface area contributed by atoms with Gasteiger partial charge in [-0.3, -0.25) is 0 Å². The number of hydrogen-bond donors (Lipinski definition) is 2. The van der Waals surface area contributed by atoms with Crippen LogP contribution in [-0.2, 0) is 0 Å². The normalized spacial score (nSPS) is 10.6. The second-order valence-electron chi connectivity index (χ2n) is 5.44. The van der Waals surface area contributed by atoms with Crippen LogP contribution in [0.1, 0.15) is 5.56 Å². The molecule has 2 aromatic carbocycles. The van der Waals surface area contributed by atoms with Gasteiger partial charge in [0.05, 0.1) is 18.5 Å². The van der Waals surface area contributed by atoms with E-state index < -0.39 is 5.69 Å². The predicted octanol–water partition coefficient (Wildman–Crippen LogP) is 1.92. The first kappa shape index (κ1) is 15.9. The molecule has 0 atom stereocenters. The molecule has 0 fully saturated rings. The fourth-order valence-electron chi connectivity index (χ4n) is 2.46. The zero-order valence-corrected chi connectivity index (χ0v) is 13.3. The van der Waals surface area contributed by atoms with Gasteiger partial charge in [0.2, 0.25) is 0 Å². The van der Waals surface area contributed by atoms with Crippen molar-refractivity contribution in [1.29, 1.82) is 0 Å². The van der Waals surface area contributed by atoms with Gasteiger partial charge >= 0.3 is 5.69 Å². The fourth-order valence-corrected chi connectivity index (χ4v) is 2.46. The molecule has 0 unspecified atom stereocenters. The van der Waals surface area contributed by atoms with Crippen LogP contribution in [0.15, 0.2) is 47.3 Å². The maximum Gasteiger partial charge on any atom is 0.345 e. The highest BCUT2D eigenvalue weighted by atomic mass is 16.5. The smallest absolute Gasteiger partial charge is 0.345 e. The van der Waals surface area contributed by atoms with Crippen molar-refractivity contribution < 1.29 is 9.84 Å². The number of aryl methyl sites for hydroxylation is 1. The molecule has 2 N–H and O–H groups in total. The second-order valence-corrected chi connectivity index (χ2v) is 5.44. The number of methoxy groups -OCH3 is 1. The average Bonchev–Trinajstić information content (AvgIpc) is 2.57. The third-order valence-corrected chi connectivity index (χ3v) is 3.79. The van der Waals surface area contributed by atoms with E-state index in [-0.39, 0.29) is 5.75 Å². The third-order valence-electron chi connectivity index (χ3n) is 3.79. The molecule has 0 amide bonds. The van der Waals surface area contributed by atoms with Crippen molar-refractivity contribution >= 4 is 13.3 Å². The number of aromatic amines is 1. The van der Waals surface area contributed by atoms with E-state index in [1.807, 2.05) is 0 Å². The third kappa shape index (κ3) is 3.03. The minimum atomic E-state index is -0.476. The molecule has 0 aliphatic rings. The van der Waals surface area contributed by atoms with Gasteiger partial charge in [-0.2, -0.15) is 4.98 Å². The average molecular weight is 318 g/mol. The number of phenolic OH excluding ortho intramolecular Hbond substituents is 1. The van der Waals surface area contributed by atoms with Gasteiger partial charge in [-0.1, -0.05) is 11.5 Å². The van der Waals surface area contributed by atoms with Crippen molar-refractivity contribution in [1.82, 2.24) is 9.97 Å². The molecule has 2 radical (unpaired) electrons. The summed E-state index contributed by atoms with van der Waals surface area (Å²) in [6.07, 6.45) is 0. The summed E-state index contributed by atoms with van der Waals surface area (Å²) in [7, 11) is 7.59. The van der Waals surface area contributed by atoms with Crippen LogP contribution < -0.4 is 15.9 Å². The van der Waals surface area contributed by atoms with E-state index in [2.05, 4.69) is 9.97 Å². The minimum Gasteiger partial charge on any atom is -0.508 e. The molecule has 1 heterocycles. The summed E-state index contributed by atoms with van der Waals surface area (Å²) in [5.41, 5.74) is 3.19.